The number of carbonyl (C=O) groups is 4. The third-order valence-corrected chi connectivity index (χ3v) is 2.27. The predicted octanol–water partition coefficient (Wildman–Crippen LogP) is -1.98. The minimum atomic E-state index is -1.42. The molecule has 0 amide bonds. The lowest BCUT2D eigenvalue weighted by Crippen LogP contribution is -2.50. The summed E-state index contributed by atoms with van der Waals surface area (Å²) in [6.07, 6.45) is -0.988. The van der Waals surface area contributed by atoms with Crippen LogP contribution in [0.15, 0.2) is 0 Å². The summed E-state index contributed by atoms with van der Waals surface area (Å²) in [4.78, 5) is 42.3. The Labute approximate surface area is 113 Å². The molecule has 0 aliphatic heterocycles. The lowest BCUT2D eigenvalue weighted by molar-refractivity contribution is -0.146. The maximum absolute atomic E-state index is 10.9. The summed E-state index contributed by atoms with van der Waals surface area (Å²) in [5.41, 5.74) is 0. The Bertz CT molecular complexity index is 383. The molecule has 0 saturated carbocycles. The second-order valence-corrected chi connectivity index (χ2v) is 3.89. The molecule has 0 heterocycles. The predicted molar refractivity (Wildman–Crippen MR) is 63.4 cm³/mol. The normalized spacial score (nSPS) is 13.4. The van der Waals surface area contributed by atoms with Gasteiger partial charge in [0.1, 0.15) is 12.1 Å². The average molecular weight is 292 g/mol. The van der Waals surface area contributed by atoms with Crippen molar-refractivity contribution in [2.24, 2.45) is 0 Å². The molecule has 0 rings (SSSR count). The van der Waals surface area contributed by atoms with Gasteiger partial charge >= 0.3 is 23.9 Å². The van der Waals surface area contributed by atoms with Gasteiger partial charge in [-0.05, 0) is 0 Å². The number of aliphatic carboxylic acids is 4. The Kier molecular flexibility index (Phi) is 7.85. The fraction of sp³-hybridized carbons (Fsp3) is 0.600. The van der Waals surface area contributed by atoms with E-state index >= 15 is 0 Å². The van der Waals surface area contributed by atoms with Gasteiger partial charge in [0.2, 0.25) is 0 Å². The van der Waals surface area contributed by atoms with Crippen molar-refractivity contribution in [2.45, 2.75) is 24.9 Å². The summed E-state index contributed by atoms with van der Waals surface area (Å²) >= 11 is 0. The van der Waals surface area contributed by atoms with Crippen LogP contribution in [0.4, 0.5) is 0 Å². The van der Waals surface area contributed by atoms with E-state index in [-0.39, 0.29) is 19.5 Å². The summed E-state index contributed by atoms with van der Waals surface area (Å²) in [6, 6.07) is -2.64. The highest BCUT2D eigenvalue weighted by molar-refractivity contribution is 5.80. The van der Waals surface area contributed by atoms with Crippen LogP contribution in [-0.4, -0.2) is 69.5 Å². The van der Waals surface area contributed by atoms with E-state index in [1.165, 1.54) is 0 Å². The molecule has 20 heavy (non-hydrogen) atoms. The van der Waals surface area contributed by atoms with Crippen LogP contribution in [0.5, 0.6) is 0 Å². The zero-order chi connectivity index (χ0) is 15.7. The van der Waals surface area contributed by atoms with Gasteiger partial charge in [-0.15, -0.1) is 0 Å². The summed E-state index contributed by atoms with van der Waals surface area (Å²) in [5, 5.41) is 39.2. The minimum Gasteiger partial charge on any atom is -0.481 e. The van der Waals surface area contributed by atoms with E-state index in [9.17, 15) is 19.2 Å². The van der Waals surface area contributed by atoms with E-state index in [0.717, 1.165) is 0 Å². The number of hydrogen-bond donors (Lipinski definition) is 6. The number of rotatable bonds is 11. The second-order valence-electron chi connectivity index (χ2n) is 3.89. The third kappa shape index (κ3) is 8.00. The van der Waals surface area contributed by atoms with Gasteiger partial charge in [-0.25, -0.2) is 0 Å². The average Bonchev–Trinajstić information content (AvgIpc) is 2.30. The SMILES string of the molecule is O=C(O)CCN[C@H](CN[C@@H](CC(=O)O)C(=O)O)C(=O)O. The maximum Gasteiger partial charge on any atom is 0.322 e. The molecule has 0 aliphatic carbocycles. The molecule has 10 nitrogen and oxygen atoms in total. The van der Waals surface area contributed by atoms with Crippen LogP contribution in [0.3, 0.4) is 0 Å². The topological polar surface area (TPSA) is 173 Å². The zero-order valence-corrected chi connectivity index (χ0v) is 10.4. The molecule has 0 unspecified atom stereocenters. The molecular formula is C10H16N2O8. The van der Waals surface area contributed by atoms with Crippen LogP contribution in [0, 0.1) is 0 Å². The second kappa shape index (κ2) is 8.82. The monoisotopic (exact) mass is 292 g/mol. The van der Waals surface area contributed by atoms with Gasteiger partial charge in [-0.2, -0.15) is 0 Å². The van der Waals surface area contributed by atoms with E-state index in [0.29, 0.717) is 0 Å². The molecule has 0 saturated heterocycles. The number of hydrogen-bond acceptors (Lipinski definition) is 6. The Morgan fingerprint density at radius 2 is 1.35 bits per heavy atom. The van der Waals surface area contributed by atoms with E-state index in [2.05, 4.69) is 10.6 Å². The van der Waals surface area contributed by atoms with E-state index in [4.69, 9.17) is 20.4 Å². The van der Waals surface area contributed by atoms with Crippen LogP contribution in [0.25, 0.3) is 0 Å². The standard InChI is InChI=1S/C10H16N2O8/c13-7(14)1-2-11-6(10(19)20)4-12-5(9(17)18)3-8(15)16/h5-6,11-12H,1-4H2,(H,13,14)(H,15,16)(H,17,18)(H,19,20)/t5-,6+/m0/s1. The first-order chi connectivity index (χ1) is 9.23. The van der Waals surface area contributed by atoms with E-state index in [1.54, 1.807) is 0 Å². The first-order valence-electron chi connectivity index (χ1n) is 5.60. The highest BCUT2D eigenvalue weighted by Crippen LogP contribution is 1.94. The Hall–Kier alpha value is -2.20. The van der Waals surface area contributed by atoms with Crippen LogP contribution < -0.4 is 10.6 Å². The molecule has 6 N–H and O–H groups in total. The quantitative estimate of drug-likeness (QED) is 0.250. The Balaban J connectivity index is 4.36. The molecular weight excluding hydrogens is 276 g/mol. The zero-order valence-electron chi connectivity index (χ0n) is 10.4. The molecule has 0 aliphatic rings. The molecule has 2 atom stereocenters. The highest BCUT2D eigenvalue weighted by atomic mass is 16.4. The smallest absolute Gasteiger partial charge is 0.322 e. The molecule has 0 bridgehead atoms. The van der Waals surface area contributed by atoms with Gasteiger partial charge in [0.15, 0.2) is 0 Å². The summed E-state index contributed by atoms with van der Waals surface area (Å²) in [7, 11) is 0. The van der Waals surface area contributed by atoms with Gasteiger partial charge < -0.3 is 31.1 Å². The van der Waals surface area contributed by atoms with Crippen LogP contribution in [-0.2, 0) is 19.2 Å². The fourth-order valence-corrected chi connectivity index (χ4v) is 1.28. The number of carboxylic acids is 4. The molecule has 0 aromatic heterocycles. The van der Waals surface area contributed by atoms with Crippen molar-refractivity contribution in [3.8, 4) is 0 Å². The van der Waals surface area contributed by atoms with Crippen molar-refractivity contribution < 1.29 is 39.6 Å². The first-order valence-corrected chi connectivity index (χ1v) is 5.60. The summed E-state index contributed by atoms with van der Waals surface area (Å²) in [5.74, 6) is -5.16. The van der Waals surface area contributed by atoms with Crippen molar-refractivity contribution in [3.05, 3.63) is 0 Å². The summed E-state index contributed by atoms with van der Waals surface area (Å²) in [6.45, 7) is -0.455. The van der Waals surface area contributed by atoms with Crippen molar-refractivity contribution >= 4 is 23.9 Å². The van der Waals surface area contributed by atoms with Gasteiger partial charge in [0.05, 0.1) is 12.8 Å². The lowest BCUT2D eigenvalue weighted by atomic mass is 10.2. The van der Waals surface area contributed by atoms with E-state index < -0.39 is 42.4 Å². The van der Waals surface area contributed by atoms with Crippen LogP contribution in [0.1, 0.15) is 12.8 Å². The Morgan fingerprint density at radius 3 is 1.75 bits per heavy atom. The largest absolute Gasteiger partial charge is 0.481 e. The molecule has 0 aromatic carbocycles. The van der Waals surface area contributed by atoms with Crippen LogP contribution >= 0.6 is 0 Å². The molecule has 10 heteroatoms. The molecule has 0 spiro atoms. The van der Waals surface area contributed by atoms with Gasteiger partial charge in [0, 0.05) is 13.1 Å². The first kappa shape index (κ1) is 17.8. The summed E-state index contributed by atoms with van der Waals surface area (Å²) < 4.78 is 0. The third-order valence-electron chi connectivity index (χ3n) is 2.27. The molecule has 114 valence electrons. The maximum atomic E-state index is 10.9. The van der Waals surface area contributed by atoms with Gasteiger partial charge in [-0.3, -0.25) is 19.2 Å². The van der Waals surface area contributed by atoms with Gasteiger partial charge in [0.25, 0.3) is 0 Å². The number of carboxylic acid groups (broad SMARTS) is 4. The van der Waals surface area contributed by atoms with Gasteiger partial charge in [-0.1, -0.05) is 0 Å². The van der Waals surface area contributed by atoms with E-state index in [1.807, 2.05) is 0 Å². The van der Waals surface area contributed by atoms with Crippen LogP contribution in [0.2, 0.25) is 0 Å². The molecule has 0 fully saturated rings. The molecule has 0 aromatic rings. The van der Waals surface area contributed by atoms with Crippen molar-refractivity contribution in [2.75, 3.05) is 13.1 Å². The van der Waals surface area contributed by atoms with Crippen molar-refractivity contribution in [1.29, 1.82) is 0 Å². The highest BCUT2D eigenvalue weighted by Gasteiger charge is 2.24. The van der Waals surface area contributed by atoms with Crippen molar-refractivity contribution in [1.82, 2.24) is 10.6 Å². The van der Waals surface area contributed by atoms with Crippen molar-refractivity contribution in [3.63, 3.8) is 0 Å². The minimum absolute atomic E-state index is 0.106. The Morgan fingerprint density at radius 1 is 0.800 bits per heavy atom. The molecule has 0 radical (unpaired) electrons. The fourth-order valence-electron chi connectivity index (χ4n) is 1.28. The number of nitrogens with one attached hydrogen (secondary N) is 2. The lowest BCUT2D eigenvalue weighted by Gasteiger charge is -2.18.